The molecule has 6 atom stereocenters. The molecule has 0 radical (unpaired) electrons. The van der Waals surface area contributed by atoms with Crippen molar-refractivity contribution in [2.75, 3.05) is 0 Å². The van der Waals surface area contributed by atoms with E-state index in [1.807, 2.05) is 13.8 Å². The molecular formula is C23H36O3. The van der Waals surface area contributed by atoms with Gasteiger partial charge in [-0.25, -0.2) is 0 Å². The summed E-state index contributed by atoms with van der Waals surface area (Å²) in [5, 5.41) is 0. The van der Waals surface area contributed by atoms with E-state index in [9.17, 15) is 9.59 Å². The van der Waals surface area contributed by atoms with Crippen LogP contribution in [0.15, 0.2) is 0 Å². The molecule has 146 valence electrons. The van der Waals surface area contributed by atoms with E-state index >= 15 is 0 Å². The van der Waals surface area contributed by atoms with E-state index in [0.29, 0.717) is 17.6 Å². The van der Waals surface area contributed by atoms with Gasteiger partial charge < -0.3 is 4.74 Å². The van der Waals surface area contributed by atoms with Gasteiger partial charge in [-0.15, -0.1) is 0 Å². The van der Waals surface area contributed by atoms with Gasteiger partial charge in [-0.2, -0.15) is 0 Å². The first kappa shape index (κ1) is 18.5. The second-order valence-corrected chi connectivity index (χ2v) is 11.1. The van der Waals surface area contributed by atoms with Crippen molar-refractivity contribution in [1.82, 2.24) is 0 Å². The fraction of sp³-hybridized carbons (Fsp3) is 0.913. The lowest BCUT2D eigenvalue weighted by atomic mass is 9.40. The van der Waals surface area contributed by atoms with Crippen molar-refractivity contribution in [3.8, 4) is 0 Å². The van der Waals surface area contributed by atoms with Crippen molar-refractivity contribution in [2.45, 2.75) is 98.5 Å². The number of fused-ring (bicyclic) bond motifs is 3. The van der Waals surface area contributed by atoms with E-state index in [1.54, 1.807) is 0 Å². The van der Waals surface area contributed by atoms with Crippen molar-refractivity contribution in [2.24, 2.45) is 33.5 Å². The topological polar surface area (TPSA) is 43.4 Å². The third-order valence-corrected chi connectivity index (χ3v) is 9.16. The highest BCUT2D eigenvalue weighted by atomic mass is 16.5. The van der Waals surface area contributed by atoms with Crippen molar-refractivity contribution in [3.63, 3.8) is 0 Å². The van der Waals surface area contributed by atoms with Gasteiger partial charge in [-0.1, -0.05) is 20.3 Å². The van der Waals surface area contributed by atoms with Crippen LogP contribution in [0.25, 0.3) is 0 Å². The summed E-state index contributed by atoms with van der Waals surface area (Å²) in [4.78, 5) is 25.8. The molecule has 3 heteroatoms. The van der Waals surface area contributed by atoms with Crippen molar-refractivity contribution >= 4 is 11.8 Å². The van der Waals surface area contributed by atoms with E-state index in [4.69, 9.17) is 4.74 Å². The van der Waals surface area contributed by atoms with Gasteiger partial charge in [0.05, 0.1) is 11.5 Å². The number of Topliss-reactive ketones (excluding diaryl/α,β-unsaturated/α-hetero) is 1. The summed E-state index contributed by atoms with van der Waals surface area (Å²) in [6.07, 6.45) is 9.54. The second-order valence-electron chi connectivity index (χ2n) is 11.1. The Morgan fingerprint density at radius 1 is 1.04 bits per heavy atom. The van der Waals surface area contributed by atoms with E-state index in [-0.39, 0.29) is 33.7 Å². The van der Waals surface area contributed by atoms with E-state index in [1.165, 1.54) is 12.8 Å². The van der Waals surface area contributed by atoms with E-state index in [2.05, 4.69) is 20.8 Å². The Hall–Kier alpha value is -0.860. The molecule has 4 rings (SSSR count). The molecule has 0 heterocycles. The average Bonchev–Trinajstić information content (AvgIpc) is 2.71. The summed E-state index contributed by atoms with van der Waals surface area (Å²) in [6, 6.07) is 0. The zero-order chi connectivity index (χ0) is 19.0. The lowest BCUT2D eigenvalue weighted by Crippen LogP contribution is -2.59. The van der Waals surface area contributed by atoms with Gasteiger partial charge in [-0.3, -0.25) is 9.59 Å². The van der Waals surface area contributed by atoms with Gasteiger partial charge >= 0.3 is 5.97 Å². The number of ketones is 1. The number of hydrogen-bond acceptors (Lipinski definition) is 3. The molecule has 0 aromatic rings. The molecule has 1 unspecified atom stereocenters. The van der Waals surface area contributed by atoms with Gasteiger partial charge in [-0.05, 0) is 88.4 Å². The molecule has 0 aromatic heterocycles. The van der Waals surface area contributed by atoms with Crippen LogP contribution in [0.5, 0.6) is 0 Å². The normalized spacial score (nSPS) is 50.3. The second kappa shape index (κ2) is 5.58. The van der Waals surface area contributed by atoms with Crippen LogP contribution < -0.4 is 0 Å². The lowest BCUT2D eigenvalue weighted by molar-refractivity contribution is -0.190. The maximum atomic E-state index is 13.1. The Morgan fingerprint density at radius 2 is 1.73 bits per heavy atom. The van der Waals surface area contributed by atoms with Crippen LogP contribution in [0.4, 0.5) is 0 Å². The van der Waals surface area contributed by atoms with Crippen LogP contribution in [0.1, 0.15) is 92.4 Å². The van der Waals surface area contributed by atoms with Gasteiger partial charge in [0.15, 0.2) is 0 Å². The SMILES string of the molecule is CC(C)OC(=O)[C@]1(C)CCC[C@@]2(C)[C@@H]3CC[C@@]4(C)CC3(CC[C@@H]21)CC4=O. The zero-order valence-electron chi connectivity index (χ0n) is 17.3. The van der Waals surface area contributed by atoms with Crippen LogP contribution in [-0.2, 0) is 14.3 Å². The molecule has 1 spiro atoms. The molecule has 4 aliphatic rings. The molecule has 3 nitrogen and oxygen atoms in total. The highest BCUT2D eigenvalue weighted by molar-refractivity contribution is 5.88. The first-order chi connectivity index (χ1) is 12.1. The van der Waals surface area contributed by atoms with Crippen LogP contribution >= 0.6 is 0 Å². The number of carbonyl (C=O) groups is 2. The number of ether oxygens (including phenoxy) is 1. The molecule has 0 N–H and O–H groups in total. The van der Waals surface area contributed by atoms with Crippen molar-refractivity contribution in [3.05, 3.63) is 0 Å². The van der Waals surface area contributed by atoms with Crippen molar-refractivity contribution < 1.29 is 14.3 Å². The molecule has 4 saturated carbocycles. The quantitative estimate of drug-likeness (QED) is 0.627. The minimum Gasteiger partial charge on any atom is -0.463 e. The molecule has 26 heavy (non-hydrogen) atoms. The standard InChI is InChI=1S/C23H36O3/c1-15(2)26-19(25)22(5)10-6-9-21(4)16(22)8-12-23-13-18(24)20(3,14-23)11-7-17(21)23/h15-17H,6-14H2,1-5H3/t16-,17-,20-,21+,22+,23?/m0/s1. The van der Waals surface area contributed by atoms with Crippen LogP contribution in [0, 0.1) is 33.5 Å². The molecule has 0 aliphatic heterocycles. The molecule has 4 aliphatic carbocycles. The van der Waals surface area contributed by atoms with E-state index < -0.39 is 0 Å². The fourth-order valence-electron chi connectivity index (χ4n) is 8.10. The predicted octanol–water partition coefficient (Wildman–Crippen LogP) is 5.31. The number of esters is 1. The minimum atomic E-state index is -0.359. The number of carbonyl (C=O) groups excluding carboxylic acids is 2. The smallest absolute Gasteiger partial charge is 0.312 e. The summed E-state index contributed by atoms with van der Waals surface area (Å²) < 4.78 is 5.72. The van der Waals surface area contributed by atoms with Crippen molar-refractivity contribution in [1.29, 1.82) is 0 Å². The Labute approximate surface area is 158 Å². The van der Waals surface area contributed by atoms with Crippen LogP contribution in [0.3, 0.4) is 0 Å². The summed E-state index contributed by atoms with van der Waals surface area (Å²) >= 11 is 0. The zero-order valence-corrected chi connectivity index (χ0v) is 17.3. The molecule has 0 aromatic carbocycles. The molecular weight excluding hydrogens is 324 g/mol. The highest BCUT2D eigenvalue weighted by Gasteiger charge is 2.68. The van der Waals surface area contributed by atoms with Crippen LogP contribution in [0.2, 0.25) is 0 Å². The summed E-state index contributed by atoms with van der Waals surface area (Å²) in [7, 11) is 0. The molecule has 0 amide bonds. The number of hydrogen-bond donors (Lipinski definition) is 0. The summed E-state index contributed by atoms with van der Waals surface area (Å²) in [6.45, 7) is 10.7. The first-order valence-electron chi connectivity index (χ1n) is 10.8. The molecule has 2 bridgehead atoms. The summed E-state index contributed by atoms with van der Waals surface area (Å²) in [5.41, 5.74) is -0.0286. The number of rotatable bonds is 2. The summed E-state index contributed by atoms with van der Waals surface area (Å²) in [5.74, 6) is 1.52. The minimum absolute atomic E-state index is 0.0162. The third kappa shape index (κ3) is 2.31. The Balaban J connectivity index is 1.69. The lowest BCUT2D eigenvalue weighted by Gasteiger charge is -2.63. The molecule has 4 fully saturated rings. The predicted molar refractivity (Wildman–Crippen MR) is 102 cm³/mol. The monoisotopic (exact) mass is 360 g/mol. The maximum Gasteiger partial charge on any atom is 0.312 e. The average molecular weight is 361 g/mol. The fourth-order valence-corrected chi connectivity index (χ4v) is 8.10. The molecule has 0 saturated heterocycles. The van der Waals surface area contributed by atoms with Crippen LogP contribution in [-0.4, -0.2) is 17.9 Å². The Bertz CT molecular complexity index is 639. The Morgan fingerprint density at radius 3 is 2.42 bits per heavy atom. The van der Waals surface area contributed by atoms with Gasteiger partial charge in [0, 0.05) is 11.8 Å². The Kier molecular flexibility index (Phi) is 3.97. The first-order valence-corrected chi connectivity index (χ1v) is 10.8. The maximum absolute atomic E-state index is 13.1. The van der Waals surface area contributed by atoms with Gasteiger partial charge in [0.1, 0.15) is 5.78 Å². The highest BCUT2D eigenvalue weighted by Crippen LogP contribution is 2.73. The van der Waals surface area contributed by atoms with E-state index in [0.717, 1.165) is 44.9 Å². The largest absolute Gasteiger partial charge is 0.463 e. The third-order valence-electron chi connectivity index (χ3n) is 9.16. The van der Waals surface area contributed by atoms with Gasteiger partial charge in [0.2, 0.25) is 0 Å². The van der Waals surface area contributed by atoms with Gasteiger partial charge in [0.25, 0.3) is 0 Å².